The van der Waals surface area contributed by atoms with Crippen molar-refractivity contribution in [2.75, 3.05) is 13.1 Å². The molecule has 0 aliphatic carbocycles. The van der Waals surface area contributed by atoms with Crippen LogP contribution in [0.4, 0.5) is 0 Å². The molecule has 0 unspecified atom stereocenters. The second-order valence-corrected chi connectivity index (χ2v) is 8.67. The molecule has 1 aliphatic rings. The molecule has 1 N–H and O–H groups in total. The number of hydrogen-bond donors (Lipinski definition) is 1. The molecule has 1 aliphatic heterocycles. The monoisotopic (exact) mass is 404 g/mol. The fourth-order valence-corrected chi connectivity index (χ4v) is 4.60. The fourth-order valence-electron chi connectivity index (χ4n) is 2.88. The Hall–Kier alpha value is -2.15. The molecule has 5 nitrogen and oxygen atoms in total. The van der Waals surface area contributed by atoms with Crippen LogP contribution in [0.15, 0.2) is 59.5 Å². The standard InChI is InChI=1S/C20H21ClN2O3S/c21-19-6-2-1-5-17(19)9-12-20(24)22-15-16-7-10-18(11-8-16)27(25,26)23-13-3-4-14-23/h1-2,5-12H,3-4,13-15H2,(H,22,24)/b12-9+. The lowest BCUT2D eigenvalue weighted by atomic mass is 10.2. The van der Waals surface area contributed by atoms with Gasteiger partial charge in [-0.3, -0.25) is 4.79 Å². The van der Waals surface area contributed by atoms with Gasteiger partial charge in [0.2, 0.25) is 15.9 Å². The maximum Gasteiger partial charge on any atom is 0.244 e. The average Bonchev–Trinajstić information content (AvgIpc) is 3.22. The Morgan fingerprint density at radius 1 is 1.07 bits per heavy atom. The fraction of sp³-hybridized carbons (Fsp3) is 0.250. The molecule has 1 heterocycles. The molecule has 0 aromatic heterocycles. The zero-order valence-corrected chi connectivity index (χ0v) is 16.3. The number of rotatable bonds is 6. The first-order valence-corrected chi connectivity index (χ1v) is 10.6. The quantitative estimate of drug-likeness (QED) is 0.750. The number of benzene rings is 2. The lowest BCUT2D eigenvalue weighted by Crippen LogP contribution is -2.27. The number of sulfonamides is 1. The summed E-state index contributed by atoms with van der Waals surface area (Å²) in [6.45, 7) is 1.48. The van der Waals surface area contributed by atoms with E-state index in [1.807, 2.05) is 18.2 Å². The summed E-state index contributed by atoms with van der Waals surface area (Å²) in [7, 11) is -3.41. The molecule has 27 heavy (non-hydrogen) atoms. The zero-order chi connectivity index (χ0) is 19.3. The van der Waals surface area contributed by atoms with Crippen LogP contribution in [0.5, 0.6) is 0 Å². The lowest BCUT2D eigenvalue weighted by molar-refractivity contribution is -0.116. The van der Waals surface area contributed by atoms with Crippen molar-refractivity contribution in [3.8, 4) is 0 Å². The van der Waals surface area contributed by atoms with E-state index in [1.165, 1.54) is 10.4 Å². The minimum Gasteiger partial charge on any atom is -0.348 e. The van der Waals surface area contributed by atoms with E-state index in [0.29, 0.717) is 24.7 Å². The molecule has 3 rings (SSSR count). The van der Waals surface area contributed by atoms with Gasteiger partial charge in [-0.2, -0.15) is 4.31 Å². The number of halogens is 1. The largest absolute Gasteiger partial charge is 0.348 e. The highest BCUT2D eigenvalue weighted by Gasteiger charge is 2.26. The van der Waals surface area contributed by atoms with Gasteiger partial charge >= 0.3 is 0 Å². The van der Waals surface area contributed by atoms with Crippen LogP contribution in [0.25, 0.3) is 6.08 Å². The highest BCUT2D eigenvalue weighted by atomic mass is 35.5. The lowest BCUT2D eigenvalue weighted by Gasteiger charge is -2.15. The molecule has 0 radical (unpaired) electrons. The number of amides is 1. The molecule has 1 amide bonds. The summed E-state index contributed by atoms with van der Waals surface area (Å²) < 4.78 is 26.5. The predicted octanol–water partition coefficient (Wildman–Crippen LogP) is 3.45. The normalized spacial score (nSPS) is 15.3. The minimum absolute atomic E-state index is 0.247. The summed E-state index contributed by atoms with van der Waals surface area (Å²) in [5.41, 5.74) is 1.60. The van der Waals surface area contributed by atoms with Gasteiger partial charge in [-0.25, -0.2) is 8.42 Å². The van der Waals surface area contributed by atoms with Crippen LogP contribution in [0.1, 0.15) is 24.0 Å². The van der Waals surface area contributed by atoms with Crippen LogP contribution in [-0.4, -0.2) is 31.7 Å². The number of nitrogens with zero attached hydrogens (tertiary/aromatic N) is 1. The maximum absolute atomic E-state index is 12.5. The average molecular weight is 405 g/mol. The van der Waals surface area contributed by atoms with Crippen molar-refractivity contribution in [3.05, 3.63) is 70.8 Å². The number of carbonyl (C=O) groups excluding carboxylic acids is 1. The Balaban J connectivity index is 1.57. The molecule has 0 saturated carbocycles. The topological polar surface area (TPSA) is 66.5 Å². The van der Waals surface area contributed by atoms with Gasteiger partial charge in [0.15, 0.2) is 0 Å². The summed E-state index contributed by atoms with van der Waals surface area (Å²) in [6, 6.07) is 13.9. The highest BCUT2D eigenvalue weighted by molar-refractivity contribution is 7.89. The van der Waals surface area contributed by atoms with Crippen molar-refractivity contribution >= 4 is 33.6 Å². The SMILES string of the molecule is O=C(/C=C/c1ccccc1Cl)NCc1ccc(S(=O)(=O)N2CCCC2)cc1. The Labute approximate surface area is 164 Å². The van der Waals surface area contributed by atoms with E-state index in [9.17, 15) is 13.2 Å². The van der Waals surface area contributed by atoms with Crippen molar-refractivity contribution < 1.29 is 13.2 Å². The third kappa shape index (κ3) is 4.97. The summed E-state index contributed by atoms with van der Waals surface area (Å²) in [4.78, 5) is 12.2. The number of carbonyl (C=O) groups is 1. The molecule has 1 fully saturated rings. The van der Waals surface area contributed by atoms with Gasteiger partial charge in [0.1, 0.15) is 0 Å². The van der Waals surface area contributed by atoms with Crippen LogP contribution in [-0.2, 0) is 21.4 Å². The first-order chi connectivity index (χ1) is 13.0. The van der Waals surface area contributed by atoms with Gasteiger partial charge in [-0.1, -0.05) is 41.9 Å². The molecule has 0 atom stereocenters. The molecule has 7 heteroatoms. The van der Waals surface area contributed by atoms with Crippen molar-refractivity contribution in [3.63, 3.8) is 0 Å². The Morgan fingerprint density at radius 2 is 1.74 bits per heavy atom. The molecule has 0 spiro atoms. The van der Waals surface area contributed by atoms with Gasteiger partial charge in [0.25, 0.3) is 0 Å². The van der Waals surface area contributed by atoms with Gasteiger partial charge in [0.05, 0.1) is 4.90 Å². The minimum atomic E-state index is -3.41. The molecule has 0 bridgehead atoms. The van der Waals surface area contributed by atoms with E-state index >= 15 is 0 Å². The third-order valence-electron chi connectivity index (χ3n) is 4.41. The molecule has 142 valence electrons. The summed E-state index contributed by atoms with van der Waals surface area (Å²) >= 11 is 6.04. The van der Waals surface area contributed by atoms with Crippen LogP contribution >= 0.6 is 11.6 Å². The molecular formula is C20H21ClN2O3S. The molecule has 2 aromatic rings. The first kappa shape index (κ1) is 19.6. The van der Waals surface area contributed by atoms with Gasteiger partial charge in [-0.15, -0.1) is 0 Å². The van der Waals surface area contributed by atoms with Crippen molar-refractivity contribution in [2.45, 2.75) is 24.3 Å². The molecule has 2 aromatic carbocycles. The van der Waals surface area contributed by atoms with Crippen molar-refractivity contribution in [1.82, 2.24) is 9.62 Å². The van der Waals surface area contributed by atoms with Gasteiger partial charge < -0.3 is 5.32 Å². The van der Waals surface area contributed by atoms with Crippen molar-refractivity contribution in [1.29, 1.82) is 0 Å². The smallest absolute Gasteiger partial charge is 0.244 e. The summed E-state index contributed by atoms with van der Waals surface area (Å²) in [6.07, 6.45) is 4.90. The Bertz CT molecular complexity index is 934. The van der Waals surface area contributed by atoms with Gasteiger partial charge in [0, 0.05) is 30.7 Å². The first-order valence-electron chi connectivity index (χ1n) is 8.76. The Morgan fingerprint density at radius 3 is 2.41 bits per heavy atom. The molecular weight excluding hydrogens is 384 g/mol. The number of nitrogens with one attached hydrogen (secondary N) is 1. The van der Waals surface area contributed by atoms with Crippen LogP contribution < -0.4 is 5.32 Å². The van der Waals surface area contributed by atoms with Crippen LogP contribution in [0.3, 0.4) is 0 Å². The van der Waals surface area contributed by atoms with Crippen LogP contribution in [0.2, 0.25) is 5.02 Å². The van der Waals surface area contributed by atoms with E-state index in [-0.39, 0.29) is 10.8 Å². The Kier molecular flexibility index (Phi) is 6.31. The van der Waals surface area contributed by atoms with E-state index < -0.39 is 10.0 Å². The molecule has 1 saturated heterocycles. The highest BCUT2D eigenvalue weighted by Crippen LogP contribution is 2.21. The summed E-state index contributed by atoms with van der Waals surface area (Å²) in [5, 5.41) is 3.35. The third-order valence-corrected chi connectivity index (χ3v) is 6.67. The van der Waals surface area contributed by atoms with E-state index in [0.717, 1.165) is 24.0 Å². The zero-order valence-electron chi connectivity index (χ0n) is 14.8. The number of hydrogen-bond acceptors (Lipinski definition) is 3. The second kappa shape index (κ2) is 8.69. The van der Waals surface area contributed by atoms with E-state index in [1.54, 1.807) is 36.4 Å². The second-order valence-electron chi connectivity index (χ2n) is 6.33. The van der Waals surface area contributed by atoms with Crippen molar-refractivity contribution in [2.24, 2.45) is 0 Å². The predicted molar refractivity (Wildman–Crippen MR) is 107 cm³/mol. The van der Waals surface area contributed by atoms with Crippen LogP contribution in [0, 0.1) is 0 Å². The van der Waals surface area contributed by atoms with Gasteiger partial charge in [-0.05, 0) is 48.2 Å². The van der Waals surface area contributed by atoms with E-state index in [2.05, 4.69) is 5.32 Å². The summed E-state index contributed by atoms with van der Waals surface area (Å²) in [5.74, 6) is -0.247. The van der Waals surface area contributed by atoms with E-state index in [4.69, 9.17) is 11.6 Å². The maximum atomic E-state index is 12.5.